The van der Waals surface area contributed by atoms with Crippen LogP contribution in [0.5, 0.6) is 0 Å². The molecule has 1 N–H and O–H groups in total. The molecule has 0 aliphatic rings. The number of aromatic nitrogens is 4. The van der Waals surface area contributed by atoms with Gasteiger partial charge in [-0.25, -0.2) is 4.68 Å². The number of rotatable bonds is 1. The van der Waals surface area contributed by atoms with Crippen molar-refractivity contribution in [1.29, 1.82) is 0 Å². The number of H-pyrrole nitrogens is 1. The lowest BCUT2D eigenvalue weighted by Crippen LogP contribution is -2.14. The van der Waals surface area contributed by atoms with E-state index >= 15 is 0 Å². The number of nitrogens with zero attached hydrogens (tertiary/aromatic N) is 3. The van der Waals surface area contributed by atoms with Crippen molar-refractivity contribution in [2.24, 2.45) is 0 Å². The lowest BCUT2D eigenvalue weighted by molar-refractivity contribution is 0.863. The SMILES string of the molecule is Cc1cccc(-n2[nH]c3c(cnc4cc(C)ncc43)c2=O)c1. The van der Waals surface area contributed by atoms with E-state index in [4.69, 9.17) is 0 Å². The zero-order valence-corrected chi connectivity index (χ0v) is 12.3. The van der Waals surface area contributed by atoms with Gasteiger partial charge in [0.15, 0.2) is 0 Å². The van der Waals surface area contributed by atoms with Crippen molar-refractivity contribution in [3.63, 3.8) is 0 Å². The number of nitrogens with one attached hydrogen (secondary N) is 1. The summed E-state index contributed by atoms with van der Waals surface area (Å²) in [6.45, 7) is 3.92. The smallest absolute Gasteiger partial charge is 0.280 e. The van der Waals surface area contributed by atoms with Crippen LogP contribution in [0.3, 0.4) is 0 Å². The van der Waals surface area contributed by atoms with Crippen LogP contribution in [-0.4, -0.2) is 19.7 Å². The average Bonchev–Trinajstić information content (AvgIpc) is 2.84. The molecule has 0 aliphatic heterocycles. The zero-order valence-electron chi connectivity index (χ0n) is 12.3. The fourth-order valence-corrected chi connectivity index (χ4v) is 2.70. The summed E-state index contributed by atoms with van der Waals surface area (Å²) in [6.07, 6.45) is 3.39. The molecule has 0 amide bonds. The Labute approximate surface area is 126 Å². The minimum atomic E-state index is -0.101. The molecular formula is C17H14N4O. The summed E-state index contributed by atoms with van der Waals surface area (Å²) in [7, 11) is 0. The highest BCUT2D eigenvalue weighted by molar-refractivity contribution is 6.02. The normalized spacial score (nSPS) is 11.4. The number of benzene rings is 1. The topological polar surface area (TPSA) is 63.6 Å². The van der Waals surface area contributed by atoms with Gasteiger partial charge in [-0.3, -0.25) is 19.9 Å². The van der Waals surface area contributed by atoms with Crippen molar-refractivity contribution >= 4 is 21.8 Å². The van der Waals surface area contributed by atoms with E-state index in [0.29, 0.717) is 5.39 Å². The molecule has 0 radical (unpaired) electrons. The summed E-state index contributed by atoms with van der Waals surface area (Å²) in [5.74, 6) is 0. The Morgan fingerprint density at radius 3 is 2.68 bits per heavy atom. The largest absolute Gasteiger partial charge is 0.289 e. The molecule has 22 heavy (non-hydrogen) atoms. The van der Waals surface area contributed by atoms with Crippen molar-refractivity contribution in [3.8, 4) is 5.69 Å². The number of hydrogen-bond donors (Lipinski definition) is 1. The summed E-state index contributed by atoms with van der Waals surface area (Å²) < 4.78 is 1.55. The predicted octanol–water partition coefficient (Wildman–Crippen LogP) is 2.88. The number of fused-ring (bicyclic) bond motifs is 3. The number of aromatic amines is 1. The van der Waals surface area contributed by atoms with E-state index in [9.17, 15) is 4.79 Å². The third-order valence-corrected chi connectivity index (χ3v) is 3.81. The molecule has 0 atom stereocenters. The Hall–Kier alpha value is -2.95. The second kappa shape index (κ2) is 4.53. The maximum Gasteiger partial charge on any atom is 0.280 e. The molecular weight excluding hydrogens is 276 g/mol. The second-order valence-electron chi connectivity index (χ2n) is 5.48. The highest BCUT2D eigenvalue weighted by Crippen LogP contribution is 2.20. The molecule has 0 fully saturated rings. The van der Waals surface area contributed by atoms with Gasteiger partial charge in [0.1, 0.15) is 0 Å². The summed E-state index contributed by atoms with van der Waals surface area (Å²) in [6, 6.07) is 9.72. The molecule has 0 spiro atoms. The zero-order chi connectivity index (χ0) is 15.3. The van der Waals surface area contributed by atoms with E-state index in [0.717, 1.165) is 33.4 Å². The van der Waals surface area contributed by atoms with E-state index in [1.807, 2.05) is 44.2 Å². The summed E-state index contributed by atoms with van der Waals surface area (Å²) >= 11 is 0. The van der Waals surface area contributed by atoms with Crippen molar-refractivity contribution in [1.82, 2.24) is 19.7 Å². The van der Waals surface area contributed by atoms with Gasteiger partial charge in [0, 0.05) is 23.5 Å². The molecule has 0 aliphatic carbocycles. The van der Waals surface area contributed by atoms with Crippen LogP contribution in [0.25, 0.3) is 27.5 Å². The van der Waals surface area contributed by atoms with Crippen LogP contribution in [0, 0.1) is 13.8 Å². The minimum Gasteiger partial charge on any atom is -0.289 e. The van der Waals surface area contributed by atoms with Crippen LogP contribution in [-0.2, 0) is 0 Å². The lowest BCUT2D eigenvalue weighted by atomic mass is 10.2. The molecule has 4 rings (SSSR count). The average molecular weight is 290 g/mol. The molecule has 0 saturated heterocycles. The molecule has 3 aromatic heterocycles. The van der Waals surface area contributed by atoms with Gasteiger partial charge in [-0.1, -0.05) is 12.1 Å². The number of aryl methyl sites for hydroxylation is 2. The first-order valence-corrected chi connectivity index (χ1v) is 7.06. The van der Waals surface area contributed by atoms with Gasteiger partial charge < -0.3 is 0 Å². The van der Waals surface area contributed by atoms with Crippen LogP contribution in [0.15, 0.2) is 47.5 Å². The summed E-state index contributed by atoms with van der Waals surface area (Å²) in [5, 5.41) is 4.62. The van der Waals surface area contributed by atoms with E-state index in [1.54, 1.807) is 17.1 Å². The van der Waals surface area contributed by atoms with Gasteiger partial charge in [-0.15, -0.1) is 0 Å². The Bertz CT molecular complexity index is 1080. The van der Waals surface area contributed by atoms with Crippen LogP contribution in [0.4, 0.5) is 0 Å². The molecule has 5 nitrogen and oxygen atoms in total. The molecule has 0 saturated carbocycles. The van der Waals surface area contributed by atoms with E-state index in [2.05, 4.69) is 15.1 Å². The van der Waals surface area contributed by atoms with Crippen molar-refractivity contribution in [2.45, 2.75) is 13.8 Å². The lowest BCUT2D eigenvalue weighted by Gasteiger charge is -2.02. The third kappa shape index (κ3) is 1.83. The van der Waals surface area contributed by atoms with Crippen molar-refractivity contribution in [2.75, 3.05) is 0 Å². The molecule has 1 aromatic carbocycles. The van der Waals surface area contributed by atoms with Crippen molar-refractivity contribution < 1.29 is 0 Å². The first-order valence-electron chi connectivity index (χ1n) is 7.06. The molecule has 0 unspecified atom stereocenters. The molecule has 0 bridgehead atoms. The molecule has 4 aromatic rings. The minimum absolute atomic E-state index is 0.101. The van der Waals surface area contributed by atoms with Crippen LogP contribution in [0.1, 0.15) is 11.3 Å². The predicted molar refractivity (Wildman–Crippen MR) is 86.5 cm³/mol. The second-order valence-corrected chi connectivity index (χ2v) is 5.48. The number of pyridine rings is 2. The number of hydrogen-bond acceptors (Lipinski definition) is 3. The molecule has 3 heterocycles. The van der Waals surface area contributed by atoms with Gasteiger partial charge >= 0.3 is 0 Å². The Kier molecular flexibility index (Phi) is 2.63. The van der Waals surface area contributed by atoms with Gasteiger partial charge in [0.05, 0.1) is 22.1 Å². The standard InChI is InChI=1S/C17H14N4O/c1-10-4-3-5-12(6-10)21-17(22)14-9-19-15-7-11(2)18-8-13(15)16(14)20-21/h3-9,20H,1-2H3. The van der Waals surface area contributed by atoms with E-state index < -0.39 is 0 Å². The van der Waals surface area contributed by atoms with Crippen molar-refractivity contribution in [3.05, 3.63) is 64.3 Å². The van der Waals surface area contributed by atoms with Crippen LogP contribution >= 0.6 is 0 Å². The van der Waals surface area contributed by atoms with Gasteiger partial charge in [0.25, 0.3) is 5.56 Å². The summed E-state index contributed by atoms with van der Waals surface area (Å²) in [5.41, 5.74) is 4.31. The Morgan fingerprint density at radius 2 is 1.86 bits per heavy atom. The highest BCUT2D eigenvalue weighted by atomic mass is 16.1. The first-order chi connectivity index (χ1) is 10.6. The summed E-state index contributed by atoms with van der Waals surface area (Å²) in [4.78, 5) is 21.3. The van der Waals surface area contributed by atoms with Gasteiger partial charge in [-0.2, -0.15) is 0 Å². The maximum atomic E-state index is 12.6. The fourth-order valence-electron chi connectivity index (χ4n) is 2.70. The molecule has 108 valence electrons. The Balaban J connectivity index is 2.08. The Morgan fingerprint density at radius 1 is 1.05 bits per heavy atom. The maximum absolute atomic E-state index is 12.6. The van der Waals surface area contributed by atoms with E-state index in [-0.39, 0.29) is 5.56 Å². The monoisotopic (exact) mass is 290 g/mol. The van der Waals surface area contributed by atoms with Gasteiger partial charge in [0.2, 0.25) is 0 Å². The highest BCUT2D eigenvalue weighted by Gasteiger charge is 2.12. The fraction of sp³-hybridized carbons (Fsp3) is 0.118. The quantitative estimate of drug-likeness (QED) is 0.586. The van der Waals surface area contributed by atoms with Crippen LogP contribution in [0.2, 0.25) is 0 Å². The van der Waals surface area contributed by atoms with Gasteiger partial charge in [-0.05, 0) is 37.6 Å². The van der Waals surface area contributed by atoms with Crippen LogP contribution < -0.4 is 5.56 Å². The third-order valence-electron chi connectivity index (χ3n) is 3.81. The van der Waals surface area contributed by atoms with E-state index in [1.165, 1.54) is 0 Å². The molecule has 5 heteroatoms. The first kappa shape index (κ1) is 12.8.